The van der Waals surface area contributed by atoms with Gasteiger partial charge in [-0.25, -0.2) is 0 Å². The lowest BCUT2D eigenvalue weighted by molar-refractivity contribution is -0.112. The second kappa shape index (κ2) is 7.98. The highest BCUT2D eigenvalue weighted by molar-refractivity contribution is 6.10. The summed E-state index contributed by atoms with van der Waals surface area (Å²) in [6.07, 6.45) is 1.56. The molecular weight excluding hydrogens is 300 g/mol. The molecular formula is C20H20N2O2. The minimum absolute atomic E-state index is 0.0544. The molecule has 24 heavy (non-hydrogen) atoms. The van der Waals surface area contributed by atoms with Gasteiger partial charge in [-0.2, -0.15) is 5.26 Å². The normalized spacial score (nSPS) is 11.0. The van der Waals surface area contributed by atoms with Crippen LogP contribution in [0.3, 0.4) is 0 Å². The largest absolute Gasteiger partial charge is 0.497 e. The topological polar surface area (TPSA) is 62.1 Å². The maximum absolute atomic E-state index is 12.4. The monoisotopic (exact) mass is 320 g/mol. The number of hydrogen-bond donors (Lipinski definition) is 1. The Hall–Kier alpha value is -3.06. The van der Waals surface area contributed by atoms with Gasteiger partial charge in [-0.05, 0) is 41.3 Å². The first kappa shape index (κ1) is 17.3. The van der Waals surface area contributed by atoms with E-state index < -0.39 is 5.91 Å². The van der Waals surface area contributed by atoms with E-state index in [-0.39, 0.29) is 11.5 Å². The molecule has 0 heterocycles. The first-order valence-corrected chi connectivity index (χ1v) is 7.71. The van der Waals surface area contributed by atoms with Crippen LogP contribution in [0.1, 0.15) is 30.9 Å². The van der Waals surface area contributed by atoms with E-state index in [1.165, 1.54) is 0 Å². The molecule has 0 aliphatic rings. The van der Waals surface area contributed by atoms with Crippen molar-refractivity contribution in [2.75, 3.05) is 12.4 Å². The fraction of sp³-hybridized carbons (Fsp3) is 0.200. The van der Waals surface area contributed by atoms with Crippen LogP contribution in [0.25, 0.3) is 6.08 Å². The Labute approximate surface area is 142 Å². The Balaban J connectivity index is 2.23. The van der Waals surface area contributed by atoms with Gasteiger partial charge in [0.2, 0.25) is 0 Å². The lowest BCUT2D eigenvalue weighted by atomic mass is 10.0. The van der Waals surface area contributed by atoms with E-state index in [9.17, 15) is 10.1 Å². The SMILES string of the molecule is COc1ccc(C=C(C#N)C(=O)Nc2ccccc2C(C)C)cc1. The van der Waals surface area contributed by atoms with Crippen LogP contribution in [0.2, 0.25) is 0 Å². The summed E-state index contributed by atoms with van der Waals surface area (Å²) in [6, 6.07) is 16.7. The minimum atomic E-state index is -0.415. The van der Waals surface area contributed by atoms with Gasteiger partial charge in [0.05, 0.1) is 7.11 Å². The average Bonchev–Trinajstić information content (AvgIpc) is 2.60. The second-order valence-electron chi connectivity index (χ2n) is 5.64. The standard InChI is InChI=1S/C20H20N2O2/c1-14(2)18-6-4-5-7-19(18)22-20(23)16(13-21)12-15-8-10-17(24-3)11-9-15/h4-12,14H,1-3H3,(H,22,23). The van der Waals surface area contributed by atoms with E-state index in [1.54, 1.807) is 37.5 Å². The van der Waals surface area contributed by atoms with Crippen molar-refractivity contribution < 1.29 is 9.53 Å². The Kier molecular flexibility index (Phi) is 5.75. The molecule has 122 valence electrons. The van der Waals surface area contributed by atoms with Crippen LogP contribution in [0.15, 0.2) is 54.1 Å². The molecule has 0 atom stereocenters. The molecule has 0 aliphatic carbocycles. The summed E-state index contributed by atoms with van der Waals surface area (Å²) in [6.45, 7) is 4.12. The third-order valence-electron chi connectivity index (χ3n) is 3.62. The Morgan fingerprint density at radius 3 is 2.42 bits per heavy atom. The van der Waals surface area contributed by atoms with Crippen molar-refractivity contribution in [3.63, 3.8) is 0 Å². The number of nitrogens with zero attached hydrogens (tertiary/aromatic N) is 1. The zero-order valence-electron chi connectivity index (χ0n) is 14.0. The Morgan fingerprint density at radius 1 is 1.17 bits per heavy atom. The van der Waals surface area contributed by atoms with Crippen LogP contribution >= 0.6 is 0 Å². The number of methoxy groups -OCH3 is 1. The van der Waals surface area contributed by atoms with Gasteiger partial charge in [-0.3, -0.25) is 4.79 Å². The Bertz CT molecular complexity index is 784. The molecule has 0 aromatic heterocycles. The fourth-order valence-corrected chi connectivity index (χ4v) is 2.32. The van der Waals surface area contributed by atoms with E-state index >= 15 is 0 Å². The van der Waals surface area contributed by atoms with Crippen molar-refractivity contribution in [3.05, 3.63) is 65.2 Å². The van der Waals surface area contributed by atoms with Gasteiger partial charge < -0.3 is 10.1 Å². The highest BCUT2D eigenvalue weighted by Crippen LogP contribution is 2.24. The highest BCUT2D eigenvalue weighted by Gasteiger charge is 2.13. The van der Waals surface area contributed by atoms with E-state index in [4.69, 9.17) is 4.74 Å². The molecule has 2 rings (SSSR count). The molecule has 0 fully saturated rings. The summed E-state index contributed by atoms with van der Waals surface area (Å²) < 4.78 is 5.10. The molecule has 0 unspecified atom stereocenters. The average molecular weight is 320 g/mol. The zero-order valence-corrected chi connectivity index (χ0v) is 14.0. The molecule has 0 bridgehead atoms. The van der Waals surface area contributed by atoms with Crippen molar-refractivity contribution in [1.29, 1.82) is 5.26 Å². The number of carbonyl (C=O) groups is 1. The zero-order chi connectivity index (χ0) is 17.5. The molecule has 2 aromatic rings. The molecule has 0 spiro atoms. The highest BCUT2D eigenvalue weighted by atomic mass is 16.5. The van der Waals surface area contributed by atoms with Crippen molar-refractivity contribution in [2.24, 2.45) is 0 Å². The van der Waals surface area contributed by atoms with Gasteiger partial charge in [-0.15, -0.1) is 0 Å². The number of anilines is 1. The van der Waals surface area contributed by atoms with Gasteiger partial charge in [0, 0.05) is 5.69 Å². The number of nitrogens with one attached hydrogen (secondary N) is 1. The van der Waals surface area contributed by atoms with Crippen LogP contribution in [0.5, 0.6) is 5.75 Å². The first-order valence-electron chi connectivity index (χ1n) is 7.71. The van der Waals surface area contributed by atoms with Crippen molar-refractivity contribution >= 4 is 17.7 Å². The molecule has 0 saturated carbocycles. The molecule has 0 radical (unpaired) electrons. The van der Waals surface area contributed by atoms with Crippen molar-refractivity contribution in [3.8, 4) is 11.8 Å². The maximum Gasteiger partial charge on any atom is 0.266 e. The number of benzene rings is 2. The van der Waals surface area contributed by atoms with E-state index in [2.05, 4.69) is 19.2 Å². The Morgan fingerprint density at radius 2 is 1.83 bits per heavy atom. The lowest BCUT2D eigenvalue weighted by Crippen LogP contribution is -2.15. The van der Waals surface area contributed by atoms with Gasteiger partial charge in [0.15, 0.2) is 0 Å². The van der Waals surface area contributed by atoms with Crippen LogP contribution in [0.4, 0.5) is 5.69 Å². The summed E-state index contributed by atoms with van der Waals surface area (Å²) in [5, 5.41) is 12.1. The molecule has 0 aliphatic heterocycles. The molecule has 4 heteroatoms. The third kappa shape index (κ3) is 4.23. The van der Waals surface area contributed by atoms with Crippen LogP contribution < -0.4 is 10.1 Å². The maximum atomic E-state index is 12.4. The second-order valence-corrected chi connectivity index (χ2v) is 5.64. The molecule has 0 saturated heterocycles. The quantitative estimate of drug-likeness (QED) is 0.657. The first-order chi connectivity index (χ1) is 11.5. The van der Waals surface area contributed by atoms with Crippen molar-refractivity contribution in [1.82, 2.24) is 0 Å². The third-order valence-corrected chi connectivity index (χ3v) is 3.62. The summed E-state index contributed by atoms with van der Waals surface area (Å²) >= 11 is 0. The van der Waals surface area contributed by atoms with Crippen LogP contribution in [-0.2, 0) is 4.79 Å². The van der Waals surface area contributed by atoms with Gasteiger partial charge in [-0.1, -0.05) is 44.2 Å². The number of hydrogen-bond acceptors (Lipinski definition) is 3. The molecule has 1 N–H and O–H groups in total. The summed E-state index contributed by atoms with van der Waals surface area (Å²) in [4.78, 5) is 12.4. The number of nitriles is 1. The number of amides is 1. The molecule has 2 aromatic carbocycles. The number of para-hydroxylation sites is 1. The summed E-state index contributed by atoms with van der Waals surface area (Å²) in [5.41, 5.74) is 2.58. The van der Waals surface area contributed by atoms with Gasteiger partial charge in [0.25, 0.3) is 5.91 Å². The van der Waals surface area contributed by atoms with Crippen LogP contribution in [-0.4, -0.2) is 13.0 Å². The predicted octanol–water partition coefficient (Wildman–Crippen LogP) is 4.36. The van der Waals surface area contributed by atoms with E-state index in [0.717, 1.165) is 22.6 Å². The van der Waals surface area contributed by atoms with E-state index in [1.807, 2.05) is 30.3 Å². The summed E-state index contributed by atoms with van der Waals surface area (Å²) in [5.74, 6) is 0.583. The lowest BCUT2D eigenvalue weighted by Gasteiger charge is -2.13. The number of carbonyl (C=O) groups excluding carboxylic acids is 1. The van der Waals surface area contributed by atoms with Crippen LogP contribution in [0, 0.1) is 11.3 Å². The molecule has 4 nitrogen and oxygen atoms in total. The predicted molar refractivity (Wildman–Crippen MR) is 95.7 cm³/mol. The van der Waals surface area contributed by atoms with Gasteiger partial charge in [0.1, 0.15) is 17.4 Å². The van der Waals surface area contributed by atoms with Gasteiger partial charge >= 0.3 is 0 Å². The molecule has 1 amide bonds. The smallest absolute Gasteiger partial charge is 0.266 e. The van der Waals surface area contributed by atoms with E-state index in [0.29, 0.717) is 0 Å². The minimum Gasteiger partial charge on any atom is -0.497 e. The number of rotatable bonds is 5. The van der Waals surface area contributed by atoms with Crippen molar-refractivity contribution in [2.45, 2.75) is 19.8 Å². The number of ether oxygens (including phenoxy) is 1. The fourth-order valence-electron chi connectivity index (χ4n) is 2.32. The summed E-state index contributed by atoms with van der Waals surface area (Å²) in [7, 11) is 1.59.